The Hall–Kier alpha value is -2.49. The molecular weight excluding hydrogens is 244 g/mol. The predicted molar refractivity (Wildman–Crippen MR) is 71.1 cm³/mol. The van der Waals surface area contributed by atoms with Crippen LogP contribution in [0.3, 0.4) is 0 Å². The summed E-state index contributed by atoms with van der Waals surface area (Å²) < 4.78 is 15.6. The molecule has 4 nitrogen and oxygen atoms in total. The van der Waals surface area contributed by atoms with E-state index in [1.807, 2.05) is 13.0 Å². The third kappa shape index (κ3) is 3.48. The number of carbonyl (C=O) groups excluding carboxylic acids is 1. The number of methoxy groups -OCH3 is 1. The van der Waals surface area contributed by atoms with Gasteiger partial charge >= 0.3 is 5.97 Å². The van der Waals surface area contributed by atoms with Crippen LogP contribution in [0, 0.1) is 6.92 Å². The van der Waals surface area contributed by atoms with Crippen molar-refractivity contribution >= 4 is 12.0 Å². The molecule has 2 aromatic rings. The number of carbonyl (C=O) groups is 1. The van der Waals surface area contributed by atoms with Gasteiger partial charge in [-0.2, -0.15) is 0 Å². The Bertz CT molecular complexity index is 596. The quantitative estimate of drug-likeness (QED) is 0.480. The molecule has 0 spiro atoms. The number of benzene rings is 1. The second-order valence-corrected chi connectivity index (χ2v) is 3.85. The first kappa shape index (κ1) is 13.0. The van der Waals surface area contributed by atoms with Crippen molar-refractivity contribution in [3.05, 3.63) is 54.0 Å². The van der Waals surface area contributed by atoms with Gasteiger partial charge in [0.05, 0.1) is 7.11 Å². The maximum atomic E-state index is 11.7. The van der Waals surface area contributed by atoms with Crippen LogP contribution in [0.25, 0.3) is 6.08 Å². The molecule has 0 aliphatic heterocycles. The molecule has 1 aromatic carbocycles. The fraction of sp³-hybridized carbons (Fsp3) is 0.133. The summed E-state index contributed by atoms with van der Waals surface area (Å²) in [6.07, 6.45) is 2.87. The molecule has 0 bridgehead atoms. The molecule has 0 aliphatic carbocycles. The number of hydrogen-bond donors (Lipinski definition) is 0. The summed E-state index contributed by atoms with van der Waals surface area (Å²) >= 11 is 0. The van der Waals surface area contributed by atoms with Gasteiger partial charge in [-0.3, -0.25) is 0 Å². The van der Waals surface area contributed by atoms with E-state index >= 15 is 0 Å². The number of ether oxygens (including phenoxy) is 2. The number of esters is 1. The van der Waals surface area contributed by atoms with E-state index in [-0.39, 0.29) is 0 Å². The molecule has 0 amide bonds. The molecule has 4 heteroatoms. The molecule has 0 aliphatic rings. The predicted octanol–water partition coefficient (Wildman–Crippen LogP) is 3.22. The number of furan rings is 1. The van der Waals surface area contributed by atoms with Crippen molar-refractivity contribution in [3.8, 4) is 11.5 Å². The van der Waals surface area contributed by atoms with Crippen molar-refractivity contribution in [2.45, 2.75) is 6.92 Å². The van der Waals surface area contributed by atoms with Gasteiger partial charge in [0.2, 0.25) is 0 Å². The lowest BCUT2D eigenvalue weighted by molar-refractivity contribution is -0.129. The maximum Gasteiger partial charge on any atom is 0.336 e. The lowest BCUT2D eigenvalue weighted by Gasteiger charge is -2.06. The van der Waals surface area contributed by atoms with E-state index in [2.05, 4.69) is 0 Å². The second kappa shape index (κ2) is 5.91. The summed E-state index contributed by atoms with van der Waals surface area (Å²) in [6, 6.07) is 10.6. The van der Waals surface area contributed by atoms with Crippen molar-refractivity contribution in [1.82, 2.24) is 0 Å². The van der Waals surface area contributed by atoms with Crippen LogP contribution >= 0.6 is 0 Å². The minimum absolute atomic E-state index is 0.385. The molecule has 0 radical (unpaired) electrons. The van der Waals surface area contributed by atoms with E-state index in [0.29, 0.717) is 17.3 Å². The van der Waals surface area contributed by atoms with E-state index in [1.165, 1.54) is 13.2 Å². The molecule has 1 heterocycles. The van der Waals surface area contributed by atoms with Crippen LogP contribution in [0.4, 0.5) is 0 Å². The van der Waals surface area contributed by atoms with Crippen LogP contribution in [0.2, 0.25) is 0 Å². The maximum absolute atomic E-state index is 11.7. The highest BCUT2D eigenvalue weighted by Gasteiger charge is 2.06. The Labute approximate surface area is 111 Å². The number of aryl methyl sites for hydroxylation is 1. The van der Waals surface area contributed by atoms with Gasteiger partial charge in [0, 0.05) is 6.08 Å². The third-order valence-electron chi connectivity index (χ3n) is 2.42. The summed E-state index contributed by atoms with van der Waals surface area (Å²) in [5, 5.41) is 0. The highest BCUT2D eigenvalue weighted by molar-refractivity contribution is 5.88. The minimum Gasteiger partial charge on any atom is -0.493 e. The Morgan fingerprint density at radius 2 is 1.89 bits per heavy atom. The summed E-state index contributed by atoms with van der Waals surface area (Å²) in [5.41, 5.74) is 0. The number of hydrogen-bond acceptors (Lipinski definition) is 4. The van der Waals surface area contributed by atoms with E-state index in [0.717, 1.165) is 5.76 Å². The molecule has 0 atom stereocenters. The largest absolute Gasteiger partial charge is 0.493 e. The molecule has 0 fully saturated rings. The number of para-hydroxylation sites is 2. The first-order valence-electron chi connectivity index (χ1n) is 5.78. The first-order chi connectivity index (χ1) is 9.19. The van der Waals surface area contributed by atoms with Crippen molar-refractivity contribution in [2.75, 3.05) is 7.11 Å². The zero-order chi connectivity index (χ0) is 13.7. The van der Waals surface area contributed by atoms with Crippen molar-refractivity contribution in [2.24, 2.45) is 0 Å². The summed E-state index contributed by atoms with van der Waals surface area (Å²) in [4.78, 5) is 11.7. The highest BCUT2D eigenvalue weighted by Crippen LogP contribution is 2.25. The Morgan fingerprint density at radius 1 is 1.16 bits per heavy atom. The first-order valence-corrected chi connectivity index (χ1v) is 5.78. The molecule has 0 saturated carbocycles. The molecule has 19 heavy (non-hydrogen) atoms. The van der Waals surface area contributed by atoms with Gasteiger partial charge in [-0.05, 0) is 37.3 Å². The van der Waals surface area contributed by atoms with Crippen LogP contribution < -0.4 is 9.47 Å². The van der Waals surface area contributed by atoms with E-state index in [1.54, 1.807) is 36.4 Å². The molecule has 1 aromatic heterocycles. The van der Waals surface area contributed by atoms with Crippen LogP contribution in [-0.2, 0) is 4.79 Å². The van der Waals surface area contributed by atoms with E-state index in [4.69, 9.17) is 13.9 Å². The van der Waals surface area contributed by atoms with E-state index in [9.17, 15) is 4.79 Å². The van der Waals surface area contributed by atoms with Crippen LogP contribution in [0.1, 0.15) is 11.5 Å². The average Bonchev–Trinajstić information content (AvgIpc) is 2.83. The molecule has 0 unspecified atom stereocenters. The summed E-state index contributed by atoms with van der Waals surface area (Å²) in [6.45, 7) is 1.84. The van der Waals surface area contributed by atoms with Gasteiger partial charge in [-0.15, -0.1) is 0 Å². The molecule has 0 N–H and O–H groups in total. The lowest BCUT2D eigenvalue weighted by Crippen LogP contribution is -2.04. The lowest BCUT2D eigenvalue weighted by atomic mass is 10.3. The Kier molecular flexibility index (Phi) is 4.03. The zero-order valence-corrected chi connectivity index (χ0v) is 10.8. The second-order valence-electron chi connectivity index (χ2n) is 3.85. The molecular formula is C15H14O4. The van der Waals surface area contributed by atoms with Gasteiger partial charge in [0.15, 0.2) is 11.5 Å². The van der Waals surface area contributed by atoms with E-state index < -0.39 is 5.97 Å². The summed E-state index contributed by atoms with van der Waals surface area (Å²) in [7, 11) is 1.52. The van der Waals surface area contributed by atoms with Gasteiger partial charge in [-0.1, -0.05) is 12.1 Å². The topological polar surface area (TPSA) is 48.7 Å². The van der Waals surface area contributed by atoms with Gasteiger partial charge < -0.3 is 13.9 Å². The monoisotopic (exact) mass is 258 g/mol. The van der Waals surface area contributed by atoms with Crippen LogP contribution in [0.15, 0.2) is 46.9 Å². The average molecular weight is 258 g/mol. The van der Waals surface area contributed by atoms with Crippen molar-refractivity contribution in [3.63, 3.8) is 0 Å². The fourth-order valence-corrected chi connectivity index (χ4v) is 1.54. The number of rotatable bonds is 4. The standard InChI is InChI=1S/C15H14O4/c1-11-7-8-12(18-11)9-10-15(16)19-14-6-4-3-5-13(14)17-2/h3-10H,1-2H3. The fourth-order valence-electron chi connectivity index (χ4n) is 1.54. The van der Waals surface area contributed by atoms with Gasteiger partial charge in [0.25, 0.3) is 0 Å². The normalized spacial score (nSPS) is 10.6. The Balaban J connectivity index is 2.03. The molecule has 2 rings (SSSR count). The van der Waals surface area contributed by atoms with Gasteiger partial charge in [0.1, 0.15) is 11.5 Å². The van der Waals surface area contributed by atoms with Gasteiger partial charge in [-0.25, -0.2) is 4.79 Å². The van der Waals surface area contributed by atoms with Crippen LogP contribution in [-0.4, -0.2) is 13.1 Å². The van der Waals surface area contributed by atoms with Crippen molar-refractivity contribution < 1.29 is 18.7 Å². The van der Waals surface area contributed by atoms with Crippen molar-refractivity contribution in [1.29, 1.82) is 0 Å². The third-order valence-corrected chi connectivity index (χ3v) is 2.42. The zero-order valence-electron chi connectivity index (χ0n) is 10.8. The SMILES string of the molecule is COc1ccccc1OC(=O)C=Cc1ccc(C)o1. The smallest absolute Gasteiger partial charge is 0.336 e. The molecule has 98 valence electrons. The molecule has 0 saturated heterocycles. The van der Waals surface area contributed by atoms with Crippen LogP contribution in [0.5, 0.6) is 11.5 Å². The minimum atomic E-state index is -0.487. The Morgan fingerprint density at radius 3 is 2.53 bits per heavy atom. The summed E-state index contributed by atoms with van der Waals surface area (Å²) in [5.74, 6) is 1.80. The highest BCUT2D eigenvalue weighted by atomic mass is 16.6.